The molecule has 0 saturated carbocycles. The summed E-state index contributed by atoms with van der Waals surface area (Å²) in [4.78, 5) is 26.4. The molecule has 176 valence electrons. The fourth-order valence-electron chi connectivity index (χ4n) is 3.99. The van der Waals surface area contributed by atoms with Gasteiger partial charge in [0.05, 0.1) is 16.5 Å². The Hall–Kier alpha value is -3.11. The van der Waals surface area contributed by atoms with Gasteiger partial charge >= 0.3 is 0 Å². The highest BCUT2D eigenvalue weighted by Gasteiger charge is 2.34. The highest BCUT2D eigenvalue weighted by Crippen LogP contribution is 2.32. The summed E-state index contributed by atoms with van der Waals surface area (Å²) in [6, 6.07) is 12.3. The Balaban J connectivity index is 1.40. The smallest absolute Gasteiger partial charge is 0.262 e. The van der Waals surface area contributed by atoms with Gasteiger partial charge in [0.25, 0.3) is 5.91 Å². The molecule has 10 heteroatoms. The van der Waals surface area contributed by atoms with Gasteiger partial charge in [-0.2, -0.15) is 4.31 Å². The van der Waals surface area contributed by atoms with E-state index in [1.165, 1.54) is 22.5 Å². The molecule has 2 aromatic rings. The summed E-state index contributed by atoms with van der Waals surface area (Å²) in [7, 11) is 0.114. The Bertz CT molecular complexity index is 1150. The lowest BCUT2D eigenvalue weighted by molar-refractivity contribution is -0.126. The van der Waals surface area contributed by atoms with Crippen molar-refractivity contribution in [2.45, 2.75) is 24.3 Å². The fourth-order valence-corrected chi connectivity index (χ4v) is 5.54. The Morgan fingerprint density at radius 3 is 2.70 bits per heavy atom. The van der Waals surface area contributed by atoms with Crippen molar-refractivity contribution in [3.63, 3.8) is 0 Å². The number of ether oxygens (including phenoxy) is 1. The van der Waals surface area contributed by atoms with Crippen LogP contribution in [0.4, 0.5) is 11.4 Å². The Morgan fingerprint density at radius 2 is 1.97 bits per heavy atom. The molecular formula is C23H28N4O5S. The summed E-state index contributed by atoms with van der Waals surface area (Å²) in [6.07, 6.45) is 1.23. The first-order valence-corrected chi connectivity index (χ1v) is 12.3. The SMILES string of the molecule is CN(C)c1ccc(CNC(=O)C2CCCN(S(=O)(=O)c3ccc4c(c3)NC(=O)CO4)C2)cc1. The molecule has 4 rings (SSSR count). The number of anilines is 2. The molecule has 33 heavy (non-hydrogen) atoms. The van der Waals surface area contributed by atoms with Gasteiger partial charge in [-0.15, -0.1) is 0 Å². The monoisotopic (exact) mass is 472 g/mol. The first kappa shape index (κ1) is 23.1. The Labute approximate surface area is 193 Å². The third-order valence-corrected chi connectivity index (χ3v) is 7.76. The number of nitrogens with zero attached hydrogens (tertiary/aromatic N) is 2. The van der Waals surface area contributed by atoms with Crippen molar-refractivity contribution in [1.82, 2.24) is 9.62 Å². The maximum Gasteiger partial charge on any atom is 0.262 e. The molecule has 2 amide bonds. The molecule has 0 aliphatic carbocycles. The standard InChI is InChI=1S/C23H28N4O5S/c1-26(2)18-7-5-16(6-8-18)13-24-23(29)17-4-3-11-27(14-17)33(30,31)19-9-10-21-20(12-19)25-22(28)15-32-21/h5-10,12,17H,3-4,11,13-15H2,1-2H3,(H,24,29)(H,25,28). The number of hydrogen-bond donors (Lipinski definition) is 2. The molecule has 2 aliphatic rings. The summed E-state index contributed by atoms with van der Waals surface area (Å²) in [5, 5.41) is 5.57. The van der Waals surface area contributed by atoms with Gasteiger partial charge in [-0.25, -0.2) is 8.42 Å². The number of benzene rings is 2. The summed E-state index contributed by atoms with van der Waals surface area (Å²) in [6.45, 7) is 0.758. The average molecular weight is 473 g/mol. The lowest BCUT2D eigenvalue weighted by Gasteiger charge is -2.31. The zero-order chi connectivity index (χ0) is 23.6. The third-order valence-electron chi connectivity index (χ3n) is 5.90. The summed E-state index contributed by atoms with van der Waals surface area (Å²) in [5.41, 5.74) is 2.39. The lowest BCUT2D eigenvalue weighted by Crippen LogP contribution is -2.45. The van der Waals surface area contributed by atoms with Gasteiger partial charge in [0, 0.05) is 39.4 Å². The maximum absolute atomic E-state index is 13.2. The number of sulfonamides is 1. The van der Waals surface area contributed by atoms with E-state index in [1.54, 1.807) is 0 Å². The molecule has 0 spiro atoms. The van der Waals surface area contributed by atoms with Crippen LogP contribution < -0.4 is 20.3 Å². The lowest BCUT2D eigenvalue weighted by atomic mass is 9.99. The minimum absolute atomic E-state index is 0.0640. The van der Waals surface area contributed by atoms with Crippen LogP contribution in [0.3, 0.4) is 0 Å². The van der Waals surface area contributed by atoms with Crippen LogP contribution >= 0.6 is 0 Å². The number of carbonyl (C=O) groups is 2. The fraction of sp³-hybridized carbons (Fsp3) is 0.391. The molecule has 0 radical (unpaired) electrons. The topological polar surface area (TPSA) is 108 Å². The second-order valence-electron chi connectivity index (χ2n) is 8.48. The first-order chi connectivity index (χ1) is 15.7. The quantitative estimate of drug-likeness (QED) is 0.664. The predicted molar refractivity (Wildman–Crippen MR) is 125 cm³/mol. The Morgan fingerprint density at radius 1 is 1.21 bits per heavy atom. The van der Waals surface area contributed by atoms with Crippen molar-refractivity contribution in [2.75, 3.05) is 44.0 Å². The second-order valence-corrected chi connectivity index (χ2v) is 10.4. The molecule has 2 N–H and O–H groups in total. The van der Waals surface area contributed by atoms with Crippen LogP contribution in [-0.2, 0) is 26.2 Å². The zero-order valence-electron chi connectivity index (χ0n) is 18.7. The normalized spacial score (nSPS) is 18.6. The molecule has 1 atom stereocenters. The molecule has 2 heterocycles. The number of fused-ring (bicyclic) bond motifs is 1. The number of piperidine rings is 1. The van der Waals surface area contributed by atoms with Gasteiger partial charge in [-0.1, -0.05) is 12.1 Å². The molecule has 9 nitrogen and oxygen atoms in total. The van der Waals surface area contributed by atoms with Crippen LogP contribution in [0.5, 0.6) is 5.75 Å². The largest absolute Gasteiger partial charge is 0.482 e. The molecule has 0 aromatic heterocycles. The molecule has 1 unspecified atom stereocenters. The van der Waals surface area contributed by atoms with Gasteiger partial charge in [0.1, 0.15) is 5.75 Å². The van der Waals surface area contributed by atoms with Crippen molar-refractivity contribution in [1.29, 1.82) is 0 Å². The second kappa shape index (κ2) is 9.40. The van der Waals surface area contributed by atoms with E-state index in [2.05, 4.69) is 10.6 Å². The molecule has 1 fully saturated rings. The van der Waals surface area contributed by atoms with Crippen molar-refractivity contribution in [2.24, 2.45) is 5.92 Å². The van der Waals surface area contributed by atoms with Crippen molar-refractivity contribution in [3.8, 4) is 5.75 Å². The number of amides is 2. The van der Waals surface area contributed by atoms with Crippen LogP contribution in [0.2, 0.25) is 0 Å². The zero-order valence-corrected chi connectivity index (χ0v) is 19.5. The van der Waals surface area contributed by atoms with Crippen molar-refractivity contribution < 1.29 is 22.7 Å². The van der Waals surface area contributed by atoms with Crippen LogP contribution in [-0.4, -0.2) is 58.3 Å². The van der Waals surface area contributed by atoms with Gasteiger partial charge in [-0.3, -0.25) is 9.59 Å². The molecular weight excluding hydrogens is 444 g/mol. The maximum atomic E-state index is 13.2. The number of nitrogens with one attached hydrogen (secondary N) is 2. The summed E-state index contributed by atoms with van der Waals surface area (Å²) >= 11 is 0. The van der Waals surface area contributed by atoms with Crippen LogP contribution in [0, 0.1) is 5.92 Å². The van der Waals surface area contributed by atoms with E-state index >= 15 is 0 Å². The van der Waals surface area contributed by atoms with E-state index in [-0.39, 0.29) is 29.9 Å². The predicted octanol–water partition coefficient (Wildman–Crippen LogP) is 1.80. The third kappa shape index (κ3) is 5.12. The van der Waals surface area contributed by atoms with Crippen LogP contribution in [0.1, 0.15) is 18.4 Å². The van der Waals surface area contributed by atoms with Crippen LogP contribution in [0.15, 0.2) is 47.4 Å². The van der Waals surface area contributed by atoms with E-state index in [9.17, 15) is 18.0 Å². The van der Waals surface area contributed by atoms with E-state index < -0.39 is 15.9 Å². The number of carbonyl (C=O) groups excluding carboxylic acids is 2. The molecule has 0 bridgehead atoms. The van der Waals surface area contributed by atoms with Crippen LogP contribution in [0.25, 0.3) is 0 Å². The number of rotatable bonds is 6. The van der Waals surface area contributed by atoms with E-state index in [0.717, 1.165) is 11.3 Å². The highest BCUT2D eigenvalue weighted by atomic mass is 32.2. The van der Waals surface area contributed by atoms with Crippen molar-refractivity contribution in [3.05, 3.63) is 48.0 Å². The van der Waals surface area contributed by atoms with E-state index in [1.807, 2.05) is 43.3 Å². The molecule has 1 saturated heterocycles. The molecule has 2 aliphatic heterocycles. The highest BCUT2D eigenvalue weighted by molar-refractivity contribution is 7.89. The summed E-state index contributed by atoms with van der Waals surface area (Å²) in [5.74, 6) is -0.473. The van der Waals surface area contributed by atoms with Gasteiger partial charge in [0.2, 0.25) is 15.9 Å². The number of hydrogen-bond acceptors (Lipinski definition) is 6. The van der Waals surface area contributed by atoms with Gasteiger partial charge < -0.3 is 20.3 Å². The average Bonchev–Trinajstić information content (AvgIpc) is 2.82. The minimum Gasteiger partial charge on any atom is -0.482 e. The van der Waals surface area contributed by atoms with Gasteiger partial charge in [0.15, 0.2) is 6.61 Å². The van der Waals surface area contributed by atoms with E-state index in [4.69, 9.17) is 4.74 Å². The minimum atomic E-state index is -3.82. The van der Waals surface area contributed by atoms with E-state index in [0.29, 0.717) is 37.4 Å². The first-order valence-electron chi connectivity index (χ1n) is 10.8. The van der Waals surface area contributed by atoms with Gasteiger partial charge in [-0.05, 0) is 48.7 Å². The molecule has 2 aromatic carbocycles. The van der Waals surface area contributed by atoms with Crippen molar-refractivity contribution >= 4 is 33.2 Å². The summed E-state index contributed by atoms with van der Waals surface area (Å²) < 4.78 is 33.1. The Kier molecular flexibility index (Phi) is 6.57.